The summed E-state index contributed by atoms with van der Waals surface area (Å²) in [5, 5.41) is 0.748. The smallest absolute Gasteiger partial charge is 0.163 e. The van der Waals surface area contributed by atoms with Crippen LogP contribution in [0.1, 0.15) is 31.4 Å². The first-order chi connectivity index (χ1) is 11.1. The average Bonchev–Trinajstić information content (AvgIpc) is 2.56. The van der Waals surface area contributed by atoms with E-state index in [0.717, 1.165) is 30.9 Å². The molecule has 2 aromatic carbocycles. The zero-order valence-electron chi connectivity index (χ0n) is 14.1. The summed E-state index contributed by atoms with van der Waals surface area (Å²) in [6.45, 7) is 5.13. The molecule has 0 saturated heterocycles. The van der Waals surface area contributed by atoms with Gasteiger partial charge in [-0.3, -0.25) is 0 Å². The van der Waals surface area contributed by atoms with Gasteiger partial charge in [-0.1, -0.05) is 74.5 Å². The highest BCUT2D eigenvalue weighted by Gasteiger charge is 2.17. The Morgan fingerprint density at radius 3 is 1.78 bits per heavy atom. The van der Waals surface area contributed by atoms with E-state index >= 15 is 0 Å². The monoisotopic (exact) mass is 326 g/mol. The van der Waals surface area contributed by atoms with Gasteiger partial charge in [0.05, 0.1) is 6.61 Å². The highest BCUT2D eigenvalue weighted by molar-refractivity contribution is 7.80. The van der Waals surface area contributed by atoms with E-state index < -0.39 is 0 Å². The van der Waals surface area contributed by atoms with Gasteiger partial charge in [-0.2, -0.15) is 0 Å². The van der Waals surface area contributed by atoms with Crippen LogP contribution in [-0.4, -0.2) is 11.7 Å². The normalized spacial score (nSPS) is 11.0. The Kier molecular flexibility index (Phi) is 7.28. The minimum absolute atomic E-state index is 0.238. The number of rotatable bonds is 8. The molecule has 0 aliphatic carbocycles. The third-order valence-electron chi connectivity index (χ3n) is 3.92. The number of ether oxygens (including phenoxy) is 1. The molecule has 0 N–H and O–H groups in total. The van der Waals surface area contributed by atoms with E-state index in [9.17, 15) is 0 Å². The molecule has 23 heavy (non-hydrogen) atoms. The zero-order valence-corrected chi connectivity index (χ0v) is 14.9. The lowest BCUT2D eigenvalue weighted by atomic mass is 9.93. The van der Waals surface area contributed by atoms with Crippen molar-refractivity contribution in [2.24, 2.45) is 11.8 Å². The lowest BCUT2D eigenvalue weighted by molar-refractivity contribution is 0.265. The number of thiocarbonyl (C=S) groups is 1. The Bertz CT molecular complexity index is 536. The lowest BCUT2D eigenvalue weighted by Crippen LogP contribution is -2.21. The van der Waals surface area contributed by atoms with E-state index in [1.54, 1.807) is 0 Å². The minimum Gasteiger partial charge on any atom is -0.487 e. The first-order valence-electron chi connectivity index (χ1n) is 8.39. The highest BCUT2D eigenvalue weighted by Crippen LogP contribution is 2.18. The van der Waals surface area contributed by atoms with Gasteiger partial charge >= 0.3 is 0 Å². The summed E-state index contributed by atoms with van der Waals surface area (Å²) < 4.78 is 5.89. The molecular formula is C21H26OS. The van der Waals surface area contributed by atoms with Crippen LogP contribution >= 0.6 is 12.2 Å². The fourth-order valence-electron chi connectivity index (χ4n) is 2.55. The Hall–Kier alpha value is -1.67. The van der Waals surface area contributed by atoms with E-state index in [1.807, 2.05) is 12.1 Å². The number of hydrogen-bond donors (Lipinski definition) is 0. The molecule has 0 radical (unpaired) electrons. The quantitative estimate of drug-likeness (QED) is 0.594. The van der Waals surface area contributed by atoms with Gasteiger partial charge < -0.3 is 4.74 Å². The molecule has 0 heterocycles. The van der Waals surface area contributed by atoms with E-state index in [0.29, 0.717) is 5.92 Å². The zero-order chi connectivity index (χ0) is 16.5. The molecule has 0 spiro atoms. The van der Waals surface area contributed by atoms with Gasteiger partial charge in [-0.05, 0) is 48.5 Å². The van der Waals surface area contributed by atoms with Gasteiger partial charge in [0.25, 0.3) is 0 Å². The fraction of sp³-hybridized carbons (Fsp3) is 0.381. The van der Waals surface area contributed by atoms with Gasteiger partial charge in [-0.15, -0.1) is 0 Å². The molecule has 0 aliphatic heterocycles. The molecule has 2 heteroatoms. The average molecular weight is 327 g/mol. The van der Waals surface area contributed by atoms with Gasteiger partial charge in [0.2, 0.25) is 0 Å². The predicted molar refractivity (Wildman–Crippen MR) is 102 cm³/mol. The van der Waals surface area contributed by atoms with Crippen LogP contribution < -0.4 is 0 Å². The van der Waals surface area contributed by atoms with E-state index in [2.05, 4.69) is 62.4 Å². The first kappa shape index (κ1) is 17.7. The maximum absolute atomic E-state index is 5.89. The third kappa shape index (κ3) is 6.54. The molecule has 2 aromatic rings. The molecule has 1 nitrogen and oxygen atoms in total. The lowest BCUT2D eigenvalue weighted by Gasteiger charge is -2.19. The number of hydrogen-bond acceptors (Lipinski definition) is 2. The Balaban J connectivity index is 2.02. The van der Waals surface area contributed by atoms with Crippen molar-refractivity contribution in [3.8, 4) is 0 Å². The fourth-order valence-corrected chi connectivity index (χ4v) is 2.80. The summed E-state index contributed by atoms with van der Waals surface area (Å²) in [4.78, 5) is 0. The van der Waals surface area contributed by atoms with E-state index in [-0.39, 0.29) is 5.92 Å². The summed E-state index contributed by atoms with van der Waals surface area (Å²) in [6.07, 6.45) is 2.90. The van der Waals surface area contributed by atoms with Gasteiger partial charge in [0.15, 0.2) is 5.05 Å². The molecule has 0 bridgehead atoms. The van der Waals surface area contributed by atoms with Gasteiger partial charge in [0.1, 0.15) is 0 Å². The van der Waals surface area contributed by atoms with Crippen LogP contribution in [0.4, 0.5) is 0 Å². The molecule has 0 aromatic heterocycles. The first-order valence-corrected chi connectivity index (χ1v) is 8.80. The molecule has 0 unspecified atom stereocenters. The van der Waals surface area contributed by atoms with Gasteiger partial charge in [-0.25, -0.2) is 0 Å². The second-order valence-corrected chi connectivity index (χ2v) is 6.83. The summed E-state index contributed by atoms with van der Waals surface area (Å²) in [7, 11) is 0. The number of benzene rings is 2. The van der Waals surface area contributed by atoms with Crippen molar-refractivity contribution in [2.45, 2.75) is 33.1 Å². The van der Waals surface area contributed by atoms with Crippen LogP contribution in [-0.2, 0) is 17.6 Å². The second-order valence-electron chi connectivity index (χ2n) is 6.43. The molecule has 122 valence electrons. The Morgan fingerprint density at radius 1 is 0.870 bits per heavy atom. The van der Waals surface area contributed by atoms with E-state index in [1.165, 1.54) is 11.1 Å². The maximum Gasteiger partial charge on any atom is 0.163 e. The highest BCUT2D eigenvalue weighted by atomic mass is 32.1. The van der Waals surface area contributed by atoms with Crippen LogP contribution in [0.5, 0.6) is 0 Å². The van der Waals surface area contributed by atoms with Crippen molar-refractivity contribution in [2.75, 3.05) is 6.61 Å². The summed E-state index contributed by atoms with van der Waals surface area (Å²) in [5.74, 6) is 0.876. The van der Waals surface area contributed by atoms with Gasteiger partial charge in [0, 0.05) is 5.92 Å². The standard InChI is InChI=1S/C21H26OS/c1-17(2)13-14-22-21(23)20(15-18-9-5-3-6-10-18)16-19-11-7-4-8-12-19/h3-12,17,20H,13-16H2,1-2H3. The van der Waals surface area contributed by atoms with Crippen molar-refractivity contribution in [3.05, 3.63) is 71.8 Å². The van der Waals surface area contributed by atoms with Crippen molar-refractivity contribution >= 4 is 17.3 Å². The van der Waals surface area contributed by atoms with Crippen LogP contribution in [0, 0.1) is 11.8 Å². The predicted octanol–water partition coefficient (Wildman–Crippen LogP) is 5.48. The molecule has 0 fully saturated rings. The second kappa shape index (κ2) is 9.46. The van der Waals surface area contributed by atoms with Crippen molar-refractivity contribution in [1.82, 2.24) is 0 Å². The van der Waals surface area contributed by atoms with Crippen LogP contribution in [0.2, 0.25) is 0 Å². The molecule has 0 aliphatic rings. The Morgan fingerprint density at radius 2 is 1.35 bits per heavy atom. The maximum atomic E-state index is 5.89. The Labute approximate surface area is 145 Å². The van der Waals surface area contributed by atoms with Crippen molar-refractivity contribution in [3.63, 3.8) is 0 Å². The third-order valence-corrected chi connectivity index (χ3v) is 4.37. The molecule has 0 atom stereocenters. The SMILES string of the molecule is CC(C)CCOC(=S)C(Cc1ccccc1)Cc1ccccc1. The molecule has 0 amide bonds. The largest absolute Gasteiger partial charge is 0.487 e. The summed E-state index contributed by atoms with van der Waals surface area (Å²) in [5.41, 5.74) is 2.62. The summed E-state index contributed by atoms with van der Waals surface area (Å²) in [6, 6.07) is 21.1. The van der Waals surface area contributed by atoms with Crippen LogP contribution in [0.25, 0.3) is 0 Å². The van der Waals surface area contributed by atoms with E-state index in [4.69, 9.17) is 17.0 Å². The molecule has 0 saturated carbocycles. The van der Waals surface area contributed by atoms with Crippen LogP contribution in [0.3, 0.4) is 0 Å². The minimum atomic E-state index is 0.238. The van der Waals surface area contributed by atoms with Crippen LogP contribution in [0.15, 0.2) is 60.7 Å². The van der Waals surface area contributed by atoms with Crippen molar-refractivity contribution in [1.29, 1.82) is 0 Å². The topological polar surface area (TPSA) is 9.23 Å². The summed E-state index contributed by atoms with van der Waals surface area (Å²) >= 11 is 5.60. The molecular weight excluding hydrogens is 300 g/mol. The molecule has 2 rings (SSSR count). The van der Waals surface area contributed by atoms with Crippen molar-refractivity contribution < 1.29 is 4.74 Å².